The predicted molar refractivity (Wildman–Crippen MR) is 138 cm³/mol. The number of rotatable bonds is 5. The molecule has 1 aliphatic rings. The van der Waals surface area contributed by atoms with Gasteiger partial charge in [-0.05, 0) is 49.2 Å². The minimum atomic E-state index is -0.300. The molecule has 31 heavy (non-hydrogen) atoms. The van der Waals surface area contributed by atoms with Gasteiger partial charge in [-0.25, -0.2) is 0 Å². The van der Waals surface area contributed by atoms with Crippen LogP contribution >= 0.6 is 9.24 Å². The van der Waals surface area contributed by atoms with Crippen LogP contribution in [0.1, 0.15) is 52.7 Å². The first-order valence-corrected chi connectivity index (χ1v) is 11.5. The molecule has 0 spiro atoms. The summed E-state index contributed by atoms with van der Waals surface area (Å²) in [6.45, 7) is 13.2. The molecule has 4 heteroatoms. The second kappa shape index (κ2) is 7.80. The second-order valence-corrected chi connectivity index (χ2v) is 11.5. The van der Waals surface area contributed by atoms with E-state index in [2.05, 4.69) is 128 Å². The third kappa shape index (κ3) is 3.95. The Balaban J connectivity index is 1.79. The quantitative estimate of drug-likeness (QED) is 0.340. The minimum Gasteiger partial charge on any atom is -0.429 e. The van der Waals surface area contributed by atoms with E-state index in [9.17, 15) is 0 Å². The van der Waals surface area contributed by atoms with Gasteiger partial charge >= 0.3 is 7.48 Å². The fourth-order valence-corrected chi connectivity index (χ4v) is 4.09. The maximum absolute atomic E-state index is 6.26. The van der Waals surface area contributed by atoms with Crippen molar-refractivity contribution in [3.05, 3.63) is 83.9 Å². The number of nitrogens with zero attached hydrogens (tertiary/aromatic N) is 1. The summed E-state index contributed by atoms with van der Waals surface area (Å²) in [6, 6.07) is 26.0. The van der Waals surface area contributed by atoms with Gasteiger partial charge in [0.25, 0.3) is 0 Å². The fourth-order valence-electron chi connectivity index (χ4n) is 4.02. The summed E-state index contributed by atoms with van der Waals surface area (Å²) in [4.78, 5) is 2.37. The molecule has 1 aliphatic heterocycles. The van der Waals surface area contributed by atoms with Gasteiger partial charge in [0.05, 0.1) is 17.0 Å². The summed E-state index contributed by atoms with van der Waals surface area (Å²) < 4.78 is 6.26. The first kappa shape index (κ1) is 22.1. The Kier molecular flexibility index (Phi) is 5.57. The molecule has 1 unspecified atom stereocenters. The molecule has 0 saturated heterocycles. The lowest BCUT2D eigenvalue weighted by atomic mass is 9.71. The Bertz CT molecular complexity index is 1090. The zero-order valence-corrected chi connectivity index (χ0v) is 20.6. The smallest absolute Gasteiger partial charge is 0.330 e. The van der Waals surface area contributed by atoms with Gasteiger partial charge in [-0.1, -0.05) is 81.7 Å². The Labute approximate surface area is 190 Å². The molecule has 0 fully saturated rings. The standard InChI is InChI=1S/C27H32BNOP/c1-25(2)21-14-10-11-15-23(21)29(20-12-8-7-9-13-20)24-17-16-19(18-22(24)25)28-30-26(3,4)27(5,6)31/h7-18H,31H2,1-6H3. The first-order chi connectivity index (χ1) is 14.5. The lowest BCUT2D eigenvalue weighted by Gasteiger charge is -2.42. The molecule has 0 N–H and O–H groups in total. The summed E-state index contributed by atoms with van der Waals surface area (Å²) >= 11 is 0. The molecule has 1 heterocycles. The van der Waals surface area contributed by atoms with Crippen molar-refractivity contribution in [2.45, 2.75) is 57.7 Å². The van der Waals surface area contributed by atoms with Crippen LogP contribution in [0.15, 0.2) is 72.8 Å². The van der Waals surface area contributed by atoms with Crippen molar-refractivity contribution in [3.8, 4) is 0 Å². The molecule has 3 aromatic rings. The molecule has 4 rings (SSSR count). The number of benzene rings is 3. The molecule has 3 aromatic carbocycles. The normalized spacial score (nSPS) is 15.3. The molecule has 0 aromatic heterocycles. The van der Waals surface area contributed by atoms with Gasteiger partial charge in [0, 0.05) is 16.3 Å². The third-order valence-electron chi connectivity index (χ3n) is 6.81. The summed E-state index contributed by atoms with van der Waals surface area (Å²) in [7, 11) is 4.81. The maximum Gasteiger partial charge on any atom is 0.330 e. The highest BCUT2D eigenvalue weighted by molar-refractivity contribution is 7.19. The van der Waals surface area contributed by atoms with E-state index in [0.717, 1.165) is 5.46 Å². The monoisotopic (exact) mass is 428 g/mol. The van der Waals surface area contributed by atoms with E-state index in [0.29, 0.717) is 0 Å². The average Bonchev–Trinajstić information content (AvgIpc) is 2.73. The second-order valence-electron chi connectivity index (χ2n) is 10.1. The van der Waals surface area contributed by atoms with Crippen LogP contribution in [-0.2, 0) is 10.1 Å². The van der Waals surface area contributed by atoms with E-state index in [1.54, 1.807) is 0 Å². The van der Waals surface area contributed by atoms with E-state index in [4.69, 9.17) is 4.65 Å². The summed E-state index contributed by atoms with van der Waals surface area (Å²) in [6.07, 6.45) is 0. The van der Waals surface area contributed by atoms with E-state index >= 15 is 0 Å². The molecule has 1 radical (unpaired) electrons. The highest BCUT2D eigenvalue weighted by atomic mass is 31.0. The van der Waals surface area contributed by atoms with Gasteiger partial charge in [-0.15, -0.1) is 9.24 Å². The zero-order valence-electron chi connectivity index (χ0n) is 19.4. The number of hydrogen-bond donors (Lipinski definition) is 0. The van der Waals surface area contributed by atoms with Gasteiger partial charge in [0.15, 0.2) is 0 Å². The van der Waals surface area contributed by atoms with Crippen LogP contribution in [0, 0.1) is 0 Å². The topological polar surface area (TPSA) is 12.5 Å². The van der Waals surface area contributed by atoms with Gasteiger partial charge < -0.3 is 9.55 Å². The van der Waals surface area contributed by atoms with Crippen LogP contribution < -0.4 is 10.4 Å². The number of para-hydroxylation sites is 2. The number of fused-ring (bicyclic) bond motifs is 2. The molecule has 0 saturated carbocycles. The molecule has 0 bridgehead atoms. The Hall–Kier alpha value is -2.09. The average molecular weight is 428 g/mol. The van der Waals surface area contributed by atoms with Gasteiger partial charge in [-0.3, -0.25) is 0 Å². The van der Waals surface area contributed by atoms with Crippen molar-refractivity contribution >= 4 is 39.2 Å². The van der Waals surface area contributed by atoms with Crippen LogP contribution in [-0.4, -0.2) is 18.2 Å². The lowest BCUT2D eigenvalue weighted by molar-refractivity contribution is 0.0841. The summed E-state index contributed by atoms with van der Waals surface area (Å²) in [5, 5.41) is -0.0416. The lowest BCUT2D eigenvalue weighted by Crippen LogP contribution is -2.45. The van der Waals surface area contributed by atoms with Crippen molar-refractivity contribution in [2.75, 3.05) is 4.90 Å². The van der Waals surface area contributed by atoms with E-state index in [1.807, 2.05) is 7.48 Å². The maximum atomic E-state index is 6.26. The fraction of sp³-hybridized carbons (Fsp3) is 0.333. The molecule has 1 atom stereocenters. The number of hydrogen-bond acceptors (Lipinski definition) is 2. The van der Waals surface area contributed by atoms with Crippen LogP contribution in [0.5, 0.6) is 0 Å². The van der Waals surface area contributed by atoms with Crippen molar-refractivity contribution in [1.82, 2.24) is 0 Å². The van der Waals surface area contributed by atoms with Crippen LogP contribution in [0.25, 0.3) is 0 Å². The molecule has 2 nitrogen and oxygen atoms in total. The molecule has 0 aliphatic carbocycles. The Morgan fingerprint density at radius 2 is 1.42 bits per heavy atom. The Morgan fingerprint density at radius 3 is 2.10 bits per heavy atom. The SMILES string of the molecule is CC1(C)c2ccccc2N(c2ccccc2)c2ccc([B]OC(C)(C)C(C)(C)P)cc21. The van der Waals surface area contributed by atoms with E-state index in [-0.39, 0.29) is 16.2 Å². The van der Waals surface area contributed by atoms with Crippen molar-refractivity contribution < 1.29 is 4.65 Å². The van der Waals surface area contributed by atoms with Crippen LogP contribution in [0.2, 0.25) is 0 Å². The molecule has 0 amide bonds. The van der Waals surface area contributed by atoms with E-state index < -0.39 is 0 Å². The van der Waals surface area contributed by atoms with Crippen molar-refractivity contribution in [1.29, 1.82) is 0 Å². The molecule has 159 valence electrons. The van der Waals surface area contributed by atoms with Gasteiger partial charge in [0.2, 0.25) is 0 Å². The zero-order chi connectivity index (χ0) is 22.4. The summed E-state index contributed by atoms with van der Waals surface area (Å²) in [5.41, 5.74) is 6.93. The predicted octanol–water partition coefficient (Wildman–Crippen LogP) is 6.49. The number of anilines is 3. The minimum absolute atomic E-state index is 0.0416. The largest absolute Gasteiger partial charge is 0.429 e. The van der Waals surface area contributed by atoms with Crippen LogP contribution in [0.4, 0.5) is 17.1 Å². The first-order valence-electron chi connectivity index (χ1n) is 10.9. The highest BCUT2D eigenvalue weighted by Crippen LogP contribution is 2.51. The van der Waals surface area contributed by atoms with Crippen molar-refractivity contribution in [2.24, 2.45) is 0 Å². The van der Waals surface area contributed by atoms with Gasteiger partial charge in [0.1, 0.15) is 0 Å². The Morgan fingerprint density at radius 1 is 0.806 bits per heavy atom. The van der Waals surface area contributed by atoms with Gasteiger partial charge in [-0.2, -0.15) is 0 Å². The highest BCUT2D eigenvalue weighted by Gasteiger charge is 2.37. The molecular weight excluding hydrogens is 396 g/mol. The molecular formula is C27H32BNOP. The van der Waals surface area contributed by atoms with Crippen LogP contribution in [0.3, 0.4) is 0 Å². The van der Waals surface area contributed by atoms with E-state index in [1.165, 1.54) is 28.2 Å². The summed E-state index contributed by atoms with van der Waals surface area (Å²) in [5.74, 6) is 0. The third-order valence-corrected chi connectivity index (χ3v) is 7.50. The van der Waals surface area contributed by atoms with Crippen molar-refractivity contribution in [3.63, 3.8) is 0 Å².